The van der Waals surface area contributed by atoms with Gasteiger partial charge in [0.05, 0.1) is 10.6 Å². The van der Waals surface area contributed by atoms with Crippen LogP contribution >= 0.6 is 38.6 Å². The lowest BCUT2D eigenvalue weighted by atomic mass is 10.3. The highest BCUT2D eigenvalue weighted by Crippen LogP contribution is 2.25. The first-order chi connectivity index (χ1) is 12.5. The van der Waals surface area contributed by atoms with Crippen molar-refractivity contribution in [2.75, 3.05) is 17.2 Å². The molecule has 0 bridgehead atoms. The zero-order chi connectivity index (χ0) is 18.5. The van der Waals surface area contributed by atoms with Gasteiger partial charge in [0.2, 0.25) is 0 Å². The number of carbonyl (C=O) groups is 1. The smallest absolute Gasteiger partial charge is 0.267 e. The monoisotopic (exact) mass is 455 g/mol. The normalized spacial score (nSPS) is 10.7. The molecule has 5 nitrogen and oxygen atoms in total. The number of thiazole rings is 1. The van der Waals surface area contributed by atoms with Crippen LogP contribution in [0.4, 0.5) is 15.2 Å². The molecule has 0 aliphatic carbocycles. The predicted molar refractivity (Wildman–Crippen MR) is 107 cm³/mol. The Balaban J connectivity index is 1.58. The van der Waals surface area contributed by atoms with E-state index < -0.39 is 0 Å². The highest BCUT2D eigenvalue weighted by atomic mass is 79.9. The fourth-order valence-corrected chi connectivity index (χ4v) is 4.24. The zero-order valence-corrected chi connectivity index (χ0v) is 16.7. The molecule has 0 atom stereocenters. The van der Waals surface area contributed by atoms with Gasteiger partial charge < -0.3 is 10.4 Å². The maximum Gasteiger partial charge on any atom is 0.267 e. The molecule has 0 aliphatic heterocycles. The quantitative estimate of drug-likeness (QED) is 0.489. The van der Waals surface area contributed by atoms with Crippen molar-refractivity contribution >= 4 is 55.3 Å². The van der Waals surface area contributed by atoms with E-state index in [1.807, 2.05) is 11.4 Å². The molecule has 3 N–H and O–H groups in total. The Morgan fingerprint density at radius 3 is 2.92 bits per heavy atom. The second-order valence-electron chi connectivity index (χ2n) is 5.32. The molecule has 3 aromatic rings. The van der Waals surface area contributed by atoms with Gasteiger partial charge in [-0.25, -0.2) is 9.37 Å². The van der Waals surface area contributed by atoms with Gasteiger partial charge in [-0.05, 0) is 46.3 Å². The summed E-state index contributed by atoms with van der Waals surface area (Å²) in [5.74, 6) is -0.518. The molecule has 0 saturated carbocycles. The number of benzene rings is 1. The molecule has 0 unspecified atom stereocenters. The summed E-state index contributed by atoms with van der Waals surface area (Å²) in [6.45, 7) is 0.558. The zero-order valence-electron chi connectivity index (χ0n) is 13.5. The lowest BCUT2D eigenvalue weighted by Crippen LogP contribution is -2.10. The van der Waals surface area contributed by atoms with E-state index in [4.69, 9.17) is 5.11 Å². The molecule has 136 valence electrons. The first-order valence-corrected chi connectivity index (χ1v) is 10.2. The standard InChI is InChI=1S/C17H15BrFN3O2S2/c18-13-7-10(19)1-3-14(13)20-8-12-2-4-15(26-12)16(24)22-17-21-11(5-6-23)9-25-17/h1-4,7,9,20,23H,5-6,8H2,(H,21,22,24). The lowest BCUT2D eigenvalue weighted by molar-refractivity contribution is 0.103. The highest BCUT2D eigenvalue weighted by Gasteiger charge is 2.12. The third kappa shape index (κ3) is 4.88. The number of rotatable bonds is 7. The Hall–Kier alpha value is -1.81. The molecule has 0 fully saturated rings. The SMILES string of the molecule is O=C(Nc1nc(CCO)cs1)c1ccc(CNc2ccc(F)cc2Br)s1. The van der Waals surface area contributed by atoms with E-state index in [0.29, 0.717) is 27.4 Å². The molecule has 0 saturated heterocycles. The van der Waals surface area contributed by atoms with E-state index in [1.54, 1.807) is 12.1 Å². The summed E-state index contributed by atoms with van der Waals surface area (Å²) < 4.78 is 13.8. The summed E-state index contributed by atoms with van der Waals surface area (Å²) in [5.41, 5.74) is 1.54. The Morgan fingerprint density at radius 1 is 1.31 bits per heavy atom. The number of amides is 1. The summed E-state index contributed by atoms with van der Waals surface area (Å²) in [4.78, 5) is 18.1. The van der Waals surface area contributed by atoms with Crippen LogP contribution in [0.25, 0.3) is 0 Å². The minimum absolute atomic E-state index is 0.0303. The molecule has 0 spiro atoms. The fourth-order valence-electron chi connectivity index (χ4n) is 2.16. The number of anilines is 2. The number of aliphatic hydroxyl groups is 1. The molecule has 0 aliphatic rings. The molecular weight excluding hydrogens is 441 g/mol. The molecule has 1 amide bonds. The van der Waals surface area contributed by atoms with Gasteiger partial charge >= 0.3 is 0 Å². The van der Waals surface area contributed by atoms with E-state index in [-0.39, 0.29) is 18.3 Å². The van der Waals surface area contributed by atoms with Crippen molar-refractivity contribution in [3.8, 4) is 0 Å². The molecular formula is C17H15BrFN3O2S2. The van der Waals surface area contributed by atoms with Crippen molar-refractivity contribution in [3.05, 3.63) is 61.5 Å². The summed E-state index contributed by atoms with van der Waals surface area (Å²) in [5, 5.41) is 17.2. The van der Waals surface area contributed by atoms with Crippen LogP contribution in [0.5, 0.6) is 0 Å². The number of thiophene rings is 1. The Morgan fingerprint density at radius 2 is 2.15 bits per heavy atom. The summed E-state index contributed by atoms with van der Waals surface area (Å²) in [7, 11) is 0. The third-order valence-corrected chi connectivity index (χ3v) is 5.96. The van der Waals surface area contributed by atoms with Crippen LogP contribution in [0, 0.1) is 5.82 Å². The molecule has 26 heavy (non-hydrogen) atoms. The molecule has 2 aromatic heterocycles. The first kappa shape index (κ1) is 19.0. The van der Waals surface area contributed by atoms with Gasteiger partial charge in [0.15, 0.2) is 5.13 Å². The van der Waals surface area contributed by atoms with Gasteiger partial charge in [-0.1, -0.05) is 0 Å². The minimum Gasteiger partial charge on any atom is -0.396 e. The van der Waals surface area contributed by atoms with Crippen molar-refractivity contribution in [1.82, 2.24) is 4.98 Å². The average Bonchev–Trinajstić information content (AvgIpc) is 3.24. The van der Waals surface area contributed by atoms with Crippen LogP contribution in [0.15, 0.2) is 40.2 Å². The van der Waals surface area contributed by atoms with Gasteiger partial charge in [-0.2, -0.15) is 0 Å². The summed E-state index contributed by atoms with van der Waals surface area (Å²) in [6.07, 6.45) is 0.472. The fraction of sp³-hybridized carbons (Fsp3) is 0.176. The number of nitrogens with one attached hydrogen (secondary N) is 2. The predicted octanol–water partition coefficient (Wildman–Crippen LogP) is 4.51. The van der Waals surface area contributed by atoms with Crippen molar-refractivity contribution in [2.45, 2.75) is 13.0 Å². The summed E-state index contributed by atoms with van der Waals surface area (Å²) in [6, 6.07) is 8.09. The van der Waals surface area contributed by atoms with E-state index in [0.717, 1.165) is 16.3 Å². The minimum atomic E-state index is -0.304. The maximum atomic E-state index is 13.1. The molecule has 3 rings (SSSR count). The average molecular weight is 456 g/mol. The van der Waals surface area contributed by atoms with Gasteiger partial charge in [0.25, 0.3) is 5.91 Å². The molecule has 1 aromatic carbocycles. The van der Waals surface area contributed by atoms with Crippen LogP contribution in [0.3, 0.4) is 0 Å². The van der Waals surface area contributed by atoms with Gasteiger partial charge in [-0.15, -0.1) is 22.7 Å². The number of hydrogen-bond acceptors (Lipinski definition) is 6. The highest BCUT2D eigenvalue weighted by molar-refractivity contribution is 9.10. The van der Waals surface area contributed by atoms with Crippen LogP contribution in [-0.2, 0) is 13.0 Å². The van der Waals surface area contributed by atoms with Gasteiger partial charge in [-0.3, -0.25) is 10.1 Å². The Bertz CT molecular complexity index is 913. The topological polar surface area (TPSA) is 74.2 Å². The maximum absolute atomic E-state index is 13.1. The van der Waals surface area contributed by atoms with Crippen LogP contribution in [-0.4, -0.2) is 22.6 Å². The van der Waals surface area contributed by atoms with Crippen molar-refractivity contribution in [1.29, 1.82) is 0 Å². The first-order valence-electron chi connectivity index (χ1n) is 7.69. The van der Waals surface area contributed by atoms with E-state index in [9.17, 15) is 9.18 Å². The number of halogens is 2. The van der Waals surface area contributed by atoms with E-state index in [2.05, 4.69) is 31.5 Å². The van der Waals surface area contributed by atoms with Crippen LogP contribution in [0.2, 0.25) is 0 Å². The molecule has 2 heterocycles. The number of carbonyl (C=O) groups excluding carboxylic acids is 1. The van der Waals surface area contributed by atoms with Crippen LogP contribution in [0.1, 0.15) is 20.2 Å². The third-order valence-electron chi connectivity index (χ3n) is 3.41. The van der Waals surface area contributed by atoms with E-state index >= 15 is 0 Å². The second-order valence-corrected chi connectivity index (χ2v) is 8.20. The number of aliphatic hydroxyl groups excluding tert-OH is 1. The number of nitrogens with zero attached hydrogens (tertiary/aromatic N) is 1. The number of aromatic nitrogens is 1. The van der Waals surface area contributed by atoms with Crippen molar-refractivity contribution in [3.63, 3.8) is 0 Å². The Labute approximate surface area is 166 Å². The van der Waals surface area contributed by atoms with Crippen LogP contribution < -0.4 is 10.6 Å². The molecule has 0 radical (unpaired) electrons. The second kappa shape index (κ2) is 8.72. The Kier molecular flexibility index (Phi) is 6.36. The summed E-state index contributed by atoms with van der Waals surface area (Å²) >= 11 is 6.02. The van der Waals surface area contributed by atoms with E-state index in [1.165, 1.54) is 34.8 Å². The molecule has 9 heteroatoms. The van der Waals surface area contributed by atoms with Crippen molar-refractivity contribution < 1.29 is 14.3 Å². The van der Waals surface area contributed by atoms with Gasteiger partial charge in [0, 0.05) is 40.0 Å². The van der Waals surface area contributed by atoms with Crippen molar-refractivity contribution in [2.24, 2.45) is 0 Å². The lowest BCUT2D eigenvalue weighted by Gasteiger charge is -2.07. The number of hydrogen-bond donors (Lipinski definition) is 3. The van der Waals surface area contributed by atoms with Gasteiger partial charge in [0.1, 0.15) is 5.82 Å². The largest absolute Gasteiger partial charge is 0.396 e.